The third-order valence-corrected chi connectivity index (χ3v) is 4.04. The van der Waals surface area contributed by atoms with Gasteiger partial charge in [0.1, 0.15) is 11.9 Å². The zero-order chi connectivity index (χ0) is 15.5. The molecule has 116 valence electrons. The van der Waals surface area contributed by atoms with Gasteiger partial charge in [0.15, 0.2) is 0 Å². The van der Waals surface area contributed by atoms with Crippen LogP contribution in [0.15, 0.2) is 30.5 Å². The molecule has 5 heteroatoms. The van der Waals surface area contributed by atoms with Crippen LogP contribution in [0.4, 0.5) is 0 Å². The predicted octanol–water partition coefficient (Wildman–Crippen LogP) is 2.49. The van der Waals surface area contributed by atoms with Crippen molar-refractivity contribution in [3.05, 3.63) is 53.1 Å². The summed E-state index contributed by atoms with van der Waals surface area (Å²) in [6, 6.07) is 7.68. The van der Waals surface area contributed by atoms with Gasteiger partial charge in [-0.1, -0.05) is 19.1 Å². The number of aryl methyl sites for hydroxylation is 2. The van der Waals surface area contributed by atoms with Gasteiger partial charge in [0.2, 0.25) is 0 Å². The third kappa shape index (κ3) is 2.90. The zero-order valence-corrected chi connectivity index (χ0v) is 13.0. The molecule has 0 bridgehead atoms. The van der Waals surface area contributed by atoms with Crippen LogP contribution in [0.2, 0.25) is 0 Å². The van der Waals surface area contributed by atoms with E-state index < -0.39 is 0 Å². The van der Waals surface area contributed by atoms with E-state index in [-0.39, 0.29) is 11.9 Å². The molecule has 1 unspecified atom stereocenters. The Hall–Kier alpha value is -2.14. The molecule has 0 saturated carbocycles. The second kappa shape index (κ2) is 6.32. The van der Waals surface area contributed by atoms with Crippen molar-refractivity contribution < 1.29 is 9.53 Å². The van der Waals surface area contributed by atoms with Gasteiger partial charge < -0.3 is 14.6 Å². The summed E-state index contributed by atoms with van der Waals surface area (Å²) < 4.78 is 5.54. The van der Waals surface area contributed by atoms with Crippen LogP contribution in [0.25, 0.3) is 0 Å². The lowest BCUT2D eigenvalue weighted by Gasteiger charge is -2.34. The summed E-state index contributed by atoms with van der Waals surface area (Å²) in [7, 11) is 0. The first-order chi connectivity index (χ1) is 10.7. The SMILES string of the molecule is CCc1ccc(C(=O)N2CCOCC2c2ncc(C)[nH]2)cc1. The summed E-state index contributed by atoms with van der Waals surface area (Å²) in [5.41, 5.74) is 2.93. The van der Waals surface area contributed by atoms with Crippen LogP contribution in [0.1, 0.15) is 40.4 Å². The standard InChI is InChI=1S/C17H21N3O2/c1-3-13-4-6-14(7-5-13)17(21)20-8-9-22-11-15(20)16-18-10-12(2)19-16/h4-7,10,15H,3,8-9,11H2,1-2H3,(H,18,19). The van der Waals surface area contributed by atoms with Gasteiger partial charge in [0.25, 0.3) is 5.91 Å². The molecule has 1 saturated heterocycles. The molecule has 1 aromatic carbocycles. The molecule has 1 N–H and O–H groups in total. The smallest absolute Gasteiger partial charge is 0.254 e. The maximum Gasteiger partial charge on any atom is 0.254 e. The van der Waals surface area contributed by atoms with Crippen LogP contribution in [0.5, 0.6) is 0 Å². The lowest BCUT2D eigenvalue weighted by molar-refractivity contribution is -0.00501. The van der Waals surface area contributed by atoms with E-state index in [1.165, 1.54) is 5.56 Å². The van der Waals surface area contributed by atoms with Crippen LogP contribution < -0.4 is 0 Å². The first kappa shape index (κ1) is 14.8. The van der Waals surface area contributed by atoms with Crippen LogP contribution in [-0.2, 0) is 11.2 Å². The van der Waals surface area contributed by atoms with E-state index in [1.807, 2.05) is 36.1 Å². The van der Waals surface area contributed by atoms with Crippen LogP contribution >= 0.6 is 0 Å². The highest BCUT2D eigenvalue weighted by Gasteiger charge is 2.31. The number of imidazole rings is 1. The summed E-state index contributed by atoms with van der Waals surface area (Å²) in [5, 5.41) is 0. The molecule has 1 aromatic heterocycles. The number of rotatable bonds is 3. The van der Waals surface area contributed by atoms with Gasteiger partial charge in [-0.15, -0.1) is 0 Å². The number of morpholine rings is 1. The quantitative estimate of drug-likeness (QED) is 0.947. The third-order valence-electron chi connectivity index (χ3n) is 4.04. The fraction of sp³-hybridized carbons (Fsp3) is 0.412. The molecule has 0 aliphatic carbocycles. The molecular weight excluding hydrogens is 278 g/mol. The lowest BCUT2D eigenvalue weighted by Crippen LogP contribution is -2.43. The summed E-state index contributed by atoms with van der Waals surface area (Å²) in [5.74, 6) is 0.820. The number of benzene rings is 1. The number of aromatic amines is 1. The minimum absolute atomic E-state index is 0.0324. The van der Waals surface area contributed by atoms with Gasteiger partial charge in [0, 0.05) is 24.0 Å². The highest BCUT2D eigenvalue weighted by atomic mass is 16.5. The molecule has 1 fully saturated rings. The number of carbonyl (C=O) groups is 1. The van der Waals surface area contributed by atoms with Crippen molar-refractivity contribution in [2.24, 2.45) is 0 Å². The van der Waals surface area contributed by atoms with E-state index in [2.05, 4.69) is 16.9 Å². The fourth-order valence-corrected chi connectivity index (χ4v) is 2.72. The Morgan fingerprint density at radius 3 is 2.82 bits per heavy atom. The van der Waals surface area contributed by atoms with E-state index in [1.54, 1.807) is 6.20 Å². The predicted molar refractivity (Wildman–Crippen MR) is 83.7 cm³/mol. The Kier molecular flexibility index (Phi) is 4.24. The number of ether oxygens (including phenoxy) is 1. The second-order valence-corrected chi connectivity index (χ2v) is 5.59. The zero-order valence-electron chi connectivity index (χ0n) is 13.0. The van der Waals surface area contributed by atoms with E-state index in [0.29, 0.717) is 25.3 Å². The molecule has 1 aliphatic heterocycles. The first-order valence-corrected chi connectivity index (χ1v) is 7.68. The average Bonchev–Trinajstić information content (AvgIpc) is 3.00. The summed E-state index contributed by atoms with van der Waals surface area (Å²) >= 11 is 0. The molecule has 22 heavy (non-hydrogen) atoms. The molecule has 0 radical (unpaired) electrons. The first-order valence-electron chi connectivity index (χ1n) is 7.68. The number of hydrogen-bond acceptors (Lipinski definition) is 3. The number of carbonyl (C=O) groups excluding carboxylic acids is 1. The molecular formula is C17H21N3O2. The van der Waals surface area contributed by atoms with Gasteiger partial charge in [-0.05, 0) is 31.0 Å². The van der Waals surface area contributed by atoms with E-state index >= 15 is 0 Å². The largest absolute Gasteiger partial charge is 0.377 e. The van der Waals surface area contributed by atoms with Crippen molar-refractivity contribution in [3.63, 3.8) is 0 Å². The number of hydrogen-bond donors (Lipinski definition) is 1. The molecule has 1 atom stereocenters. The Balaban J connectivity index is 1.84. The number of nitrogens with zero attached hydrogens (tertiary/aromatic N) is 2. The number of nitrogens with one attached hydrogen (secondary N) is 1. The molecule has 0 spiro atoms. The van der Waals surface area contributed by atoms with Gasteiger partial charge >= 0.3 is 0 Å². The highest BCUT2D eigenvalue weighted by Crippen LogP contribution is 2.24. The maximum absolute atomic E-state index is 12.8. The molecule has 2 heterocycles. The Labute approximate surface area is 130 Å². The molecule has 1 aliphatic rings. The topological polar surface area (TPSA) is 58.2 Å². The highest BCUT2D eigenvalue weighted by molar-refractivity contribution is 5.94. The Bertz CT molecular complexity index is 648. The van der Waals surface area contributed by atoms with Crippen LogP contribution in [-0.4, -0.2) is 40.5 Å². The van der Waals surface area contributed by atoms with Crippen molar-refractivity contribution in [1.82, 2.24) is 14.9 Å². The number of H-pyrrole nitrogens is 1. The van der Waals surface area contributed by atoms with Gasteiger partial charge in [0.05, 0.1) is 13.2 Å². The second-order valence-electron chi connectivity index (χ2n) is 5.59. The van der Waals surface area contributed by atoms with Gasteiger partial charge in [-0.25, -0.2) is 4.98 Å². The van der Waals surface area contributed by atoms with Crippen molar-refractivity contribution in [3.8, 4) is 0 Å². The van der Waals surface area contributed by atoms with Crippen molar-refractivity contribution in [2.45, 2.75) is 26.3 Å². The molecule has 5 nitrogen and oxygen atoms in total. The molecule has 3 rings (SSSR count). The molecule has 2 aromatic rings. The summed E-state index contributed by atoms with van der Waals surface area (Å²) in [6.07, 6.45) is 2.75. The summed E-state index contributed by atoms with van der Waals surface area (Å²) in [6.45, 7) is 5.68. The summed E-state index contributed by atoms with van der Waals surface area (Å²) in [4.78, 5) is 22.2. The number of aromatic nitrogens is 2. The molecule has 1 amide bonds. The van der Waals surface area contributed by atoms with Crippen molar-refractivity contribution >= 4 is 5.91 Å². The van der Waals surface area contributed by atoms with Crippen molar-refractivity contribution in [2.75, 3.05) is 19.8 Å². The van der Waals surface area contributed by atoms with E-state index in [4.69, 9.17) is 4.74 Å². The number of amides is 1. The van der Waals surface area contributed by atoms with E-state index in [9.17, 15) is 4.79 Å². The van der Waals surface area contributed by atoms with Gasteiger partial charge in [-0.2, -0.15) is 0 Å². The van der Waals surface area contributed by atoms with E-state index in [0.717, 1.165) is 17.9 Å². The fourth-order valence-electron chi connectivity index (χ4n) is 2.72. The monoisotopic (exact) mass is 299 g/mol. The average molecular weight is 299 g/mol. The lowest BCUT2D eigenvalue weighted by atomic mass is 10.1. The Morgan fingerprint density at radius 2 is 2.18 bits per heavy atom. The van der Waals surface area contributed by atoms with Gasteiger partial charge in [-0.3, -0.25) is 4.79 Å². The van der Waals surface area contributed by atoms with Crippen LogP contribution in [0, 0.1) is 6.92 Å². The minimum atomic E-state index is -0.152. The Morgan fingerprint density at radius 1 is 1.41 bits per heavy atom. The maximum atomic E-state index is 12.8. The minimum Gasteiger partial charge on any atom is -0.377 e. The normalized spacial score (nSPS) is 18.5. The van der Waals surface area contributed by atoms with Crippen molar-refractivity contribution in [1.29, 1.82) is 0 Å². The van der Waals surface area contributed by atoms with Crippen LogP contribution in [0.3, 0.4) is 0 Å².